The first-order valence-electron chi connectivity index (χ1n) is 12.9. The van der Waals surface area contributed by atoms with Gasteiger partial charge in [-0.05, 0) is 29.8 Å². The number of morpholine rings is 1. The van der Waals surface area contributed by atoms with E-state index in [9.17, 15) is 0 Å². The van der Waals surface area contributed by atoms with E-state index in [1.807, 2.05) is 41.5 Å². The molecule has 6 heterocycles. The third kappa shape index (κ3) is 4.42. The predicted octanol–water partition coefficient (Wildman–Crippen LogP) is 3.97. The van der Waals surface area contributed by atoms with Crippen molar-refractivity contribution in [1.82, 2.24) is 35.0 Å². The van der Waals surface area contributed by atoms with Gasteiger partial charge >= 0.3 is 0 Å². The van der Waals surface area contributed by atoms with Crippen LogP contribution in [0.2, 0.25) is 0 Å². The number of anilines is 1. The van der Waals surface area contributed by atoms with Gasteiger partial charge in [-0.25, -0.2) is 9.97 Å². The molecule has 1 unspecified atom stereocenters. The van der Waals surface area contributed by atoms with Gasteiger partial charge in [0.2, 0.25) is 0 Å². The molecule has 0 spiro atoms. The number of nitrogens with zero attached hydrogens (tertiary/aromatic N) is 6. The summed E-state index contributed by atoms with van der Waals surface area (Å²) in [5, 5.41) is 20.0. The maximum Gasteiger partial charge on any atom is 0.195 e. The normalized spacial score (nSPS) is 17.2. The molecule has 2 aliphatic rings. The molecule has 7 rings (SSSR count). The van der Waals surface area contributed by atoms with Crippen LogP contribution >= 0.6 is 0 Å². The average molecular weight is 519 g/mol. The number of fused-ring (bicyclic) bond motifs is 2. The topological polar surface area (TPSA) is 144 Å². The molecular formula is C28H26N10O. The number of para-hydroxylation sites is 1. The lowest BCUT2D eigenvalue weighted by Crippen LogP contribution is -2.43. The van der Waals surface area contributed by atoms with Crippen LogP contribution in [0.1, 0.15) is 11.5 Å². The van der Waals surface area contributed by atoms with Crippen molar-refractivity contribution in [3.05, 3.63) is 66.6 Å². The van der Waals surface area contributed by atoms with E-state index in [2.05, 4.69) is 47.6 Å². The molecule has 5 aromatic rings. The van der Waals surface area contributed by atoms with E-state index in [1.165, 1.54) is 0 Å². The van der Waals surface area contributed by atoms with Crippen molar-refractivity contribution < 1.29 is 4.74 Å². The Bertz CT molecular complexity index is 1740. The third-order valence-corrected chi connectivity index (χ3v) is 7.08. The number of imidazole rings is 1. The highest BCUT2D eigenvalue weighted by atomic mass is 16.5. The minimum Gasteiger partial charge on any atom is -0.378 e. The lowest BCUT2D eigenvalue weighted by molar-refractivity contribution is 0.0677. The third-order valence-electron chi connectivity index (χ3n) is 7.08. The van der Waals surface area contributed by atoms with Gasteiger partial charge in [0.1, 0.15) is 5.69 Å². The number of hydrogen-bond donors (Lipinski definition) is 4. The number of aromatic amines is 2. The Balaban J connectivity index is 1.21. The van der Waals surface area contributed by atoms with Crippen molar-refractivity contribution in [3.63, 3.8) is 0 Å². The van der Waals surface area contributed by atoms with Gasteiger partial charge < -0.3 is 19.9 Å². The highest BCUT2D eigenvalue weighted by Crippen LogP contribution is 2.32. The highest BCUT2D eigenvalue weighted by molar-refractivity contribution is 5.95. The Kier molecular flexibility index (Phi) is 5.82. The number of allylic oxidation sites excluding steroid dienone is 1. The molecule has 39 heavy (non-hydrogen) atoms. The molecule has 1 fully saturated rings. The second-order valence-electron chi connectivity index (χ2n) is 9.56. The molecule has 0 aliphatic carbocycles. The molecule has 11 heteroatoms. The zero-order valence-electron chi connectivity index (χ0n) is 21.1. The number of ether oxygens (including phenoxy) is 1. The maximum absolute atomic E-state index is 8.42. The van der Waals surface area contributed by atoms with Crippen LogP contribution in [0, 0.1) is 5.41 Å². The second kappa shape index (κ2) is 9.76. The van der Waals surface area contributed by atoms with Crippen LogP contribution in [0.25, 0.3) is 44.7 Å². The smallest absolute Gasteiger partial charge is 0.195 e. The van der Waals surface area contributed by atoms with Gasteiger partial charge in [-0.2, -0.15) is 5.10 Å². The minimum atomic E-state index is 0.192. The van der Waals surface area contributed by atoms with Crippen LogP contribution in [0.15, 0.2) is 66.1 Å². The van der Waals surface area contributed by atoms with E-state index in [1.54, 1.807) is 18.6 Å². The first kappa shape index (κ1) is 23.2. The van der Waals surface area contributed by atoms with Gasteiger partial charge in [0.25, 0.3) is 0 Å². The van der Waals surface area contributed by atoms with Gasteiger partial charge in [0, 0.05) is 55.3 Å². The number of rotatable bonds is 4. The number of dihydropyridines is 1. The number of H-pyrrole nitrogens is 2. The van der Waals surface area contributed by atoms with E-state index in [4.69, 9.17) is 15.1 Å². The van der Waals surface area contributed by atoms with Gasteiger partial charge in [-0.15, -0.1) is 0 Å². The Morgan fingerprint density at radius 1 is 1.10 bits per heavy atom. The molecule has 0 saturated carbocycles. The molecule has 1 saturated heterocycles. The Labute approximate surface area is 223 Å². The number of aliphatic imine (C=N–C) groups is 1. The number of nitrogens with one attached hydrogen (secondary N) is 4. The highest BCUT2D eigenvalue weighted by Gasteiger charge is 2.19. The Morgan fingerprint density at radius 2 is 2.00 bits per heavy atom. The summed E-state index contributed by atoms with van der Waals surface area (Å²) in [5.41, 5.74) is 6.91. The van der Waals surface area contributed by atoms with E-state index in [0.29, 0.717) is 56.0 Å². The quantitative estimate of drug-likeness (QED) is 0.208. The summed E-state index contributed by atoms with van der Waals surface area (Å²) < 4.78 is 5.39. The van der Waals surface area contributed by atoms with Crippen LogP contribution < -0.4 is 5.32 Å². The van der Waals surface area contributed by atoms with Crippen LogP contribution in [-0.4, -0.2) is 80.1 Å². The summed E-state index contributed by atoms with van der Waals surface area (Å²) in [6.07, 6.45) is 11.3. The first-order chi connectivity index (χ1) is 19.2. The fourth-order valence-electron chi connectivity index (χ4n) is 5.06. The number of pyridine rings is 2. The average Bonchev–Trinajstić information content (AvgIpc) is 3.62. The molecular weight excluding hydrogens is 492 g/mol. The van der Waals surface area contributed by atoms with Crippen molar-refractivity contribution in [2.75, 3.05) is 38.2 Å². The van der Waals surface area contributed by atoms with Crippen molar-refractivity contribution in [2.24, 2.45) is 4.99 Å². The van der Waals surface area contributed by atoms with Gasteiger partial charge in [0.15, 0.2) is 17.4 Å². The Morgan fingerprint density at radius 3 is 2.87 bits per heavy atom. The number of aromatic nitrogens is 6. The van der Waals surface area contributed by atoms with E-state index in [0.717, 1.165) is 38.8 Å². The SMILES string of the molecule is N=C(Nc1cncc(-c2cnc3[nH]nc(-c4nc5c(C6C=CC=NC6)cccc5[nH]4)c3c2)c1)N1CCOCC1. The molecule has 1 atom stereocenters. The lowest BCUT2D eigenvalue weighted by atomic mass is 9.96. The predicted molar refractivity (Wildman–Crippen MR) is 151 cm³/mol. The van der Waals surface area contributed by atoms with Gasteiger partial charge in [0.05, 0.1) is 41.5 Å². The van der Waals surface area contributed by atoms with Crippen LogP contribution in [0.3, 0.4) is 0 Å². The van der Waals surface area contributed by atoms with Crippen LogP contribution in [0.5, 0.6) is 0 Å². The van der Waals surface area contributed by atoms with Gasteiger partial charge in [-0.1, -0.05) is 18.2 Å². The fourth-order valence-corrected chi connectivity index (χ4v) is 5.06. The molecule has 11 nitrogen and oxygen atoms in total. The monoisotopic (exact) mass is 518 g/mol. The van der Waals surface area contributed by atoms with Crippen molar-refractivity contribution in [1.29, 1.82) is 5.41 Å². The molecule has 2 aliphatic heterocycles. The molecule has 0 radical (unpaired) electrons. The number of hydrogen-bond acceptors (Lipinski definition) is 7. The summed E-state index contributed by atoms with van der Waals surface area (Å²) in [6.45, 7) is 3.35. The van der Waals surface area contributed by atoms with Crippen molar-refractivity contribution in [3.8, 4) is 22.6 Å². The first-order valence-corrected chi connectivity index (χ1v) is 12.9. The minimum absolute atomic E-state index is 0.192. The molecule has 4 aromatic heterocycles. The summed E-state index contributed by atoms with van der Waals surface area (Å²) in [7, 11) is 0. The maximum atomic E-state index is 8.42. The lowest BCUT2D eigenvalue weighted by Gasteiger charge is -2.29. The summed E-state index contributed by atoms with van der Waals surface area (Å²) in [6, 6.07) is 10.2. The zero-order valence-corrected chi connectivity index (χ0v) is 21.1. The molecule has 194 valence electrons. The van der Waals surface area contributed by atoms with Crippen molar-refractivity contribution in [2.45, 2.75) is 5.92 Å². The van der Waals surface area contributed by atoms with E-state index in [-0.39, 0.29) is 5.92 Å². The van der Waals surface area contributed by atoms with Crippen molar-refractivity contribution >= 4 is 39.9 Å². The molecule has 4 N–H and O–H groups in total. The zero-order chi connectivity index (χ0) is 26.2. The molecule has 0 bridgehead atoms. The van der Waals surface area contributed by atoms with Crippen LogP contribution in [0.4, 0.5) is 5.69 Å². The Hall–Kier alpha value is -4.90. The number of benzene rings is 1. The number of guanidine groups is 1. The fraction of sp³-hybridized carbons (Fsp3) is 0.214. The molecule has 1 aromatic carbocycles. The largest absolute Gasteiger partial charge is 0.378 e. The van der Waals surface area contributed by atoms with Crippen LogP contribution in [-0.2, 0) is 4.74 Å². The summed E-state index contributed by atoms with van der Waals surface area (Å²) >= 11 is 0. The second-order valence-corrected chi connectivity index (χ2v) is 9.56. The van der Waals surface area contributed by atoms with E-state index < -0.39 is 0 Å². The van der Waals surface area contributed by atoms with E-state index >= 15 is 0 Å². The van der Waals surface area contributed by atoms with Gasteiger partial charge in [-0.3, -0.25) is 20.5 Å². The standard InChI is InChI=1S/C28H26N10O/c29-28(38-7-9-39-10-8-38)33-20-11-18(14-31-16-20)19-12-22-25(36-37-26(22)32-15-19)27-34-23-5-1-4-21(24(23)35-27)17-3-2-6-30-13-17/h1-6,11-12,14-17H,7-10,13H2,(H2,29,33)(H,34,35)(H,32,36,37). The molecule has 0 amide bonds. The summed E-state index contributed by atoms with van der Waals surface area (Å²) in [5.74, 6) is 1.21. The summed E-state index contributed by atoms with van der Waals surface area (Å²) in [4.78, 5) is 23.8.